The number of likely N-dealkylation sites (tertiary alicyclic amines) is 1. The van der Waals surface area contributed by atoms with Crippen molar-refractivity contribution in [3.63, 3.8) is 0 Å². The lowest BCUT2D eigenvalue weighted by Gasteiger charge is -2.31. The van der Waals surface area contributed by atoms with Crippen molar-refractivity contribution in [3.8, 4) is 0 Å². The summed E-state index contributed by atoms with van der Waals surface area (Å²) in [5.41, 5.74) is 5.53. The zero-order valence-corrected chi connectivity index (χ0v) is 11.6. The van der Waals surface area contributed by atoms with Gasteiger partial charge in [0.1, 0.15) is 5.60 Å². The summed E-state index contributed by atoms with van der Waals surface area (Å²) in [5.74, 6) is 0. The Labute approximate surface area is 109 Å². The Balaban J connectivity index is 1.93. The van der Waals surface area contributed by atoms with Crippen LogP contribution in [0.4, 0.5) is 4.79 Å². The van der Waals surface area contributed by atoms with Crippen molar-refractivity contribution in [3.05, 3.63) is 0 Å². The third kappa shape index (κ3) is 2.95. The van der Waals surface area contributed by atoms with Gasteiger partial charge in [-0.2, -0.15) is 0 Å². The van der Waals surface area contributed by atoms with Crippen LogP contribution < -0.4 is 5.73 Å². The Morgan fingerprint density at radius 1 is 1.50 bits per heavy atom. The minimum Gasteiger partial charge on any atom is -0.444 e. The normalized spacial score (nSPS) is 32.9. The number of ether oxygens (including phenoxy) is 2. The molecule has 18 heavy (non-hydrogen) atoms. The highest BCUT2D eigenvalue weighted by atomic mass is 16.6. The fourth-order valence-corrected chi connectivity index (χ4v) is 2.63. The molecule has 0 aromatic rings. The molecule has 0 radical (unpaired) electrons. The zero-order valence-electron chi connectivity index (χ0n) is 11.6. The lowest BCUT2D eigenvalue weighted by Crippen LogP contribution is -2.53. The van der Waals surface area contributed by atoms with Gasteiger partial charge in [0, 0.05) is 19.7 Å². The van der Waals surface area contributed by atoms with E-state index in [1.807, 2.05) is 20.8 Å². The standard InChI is InChI=1S/C13H24N2O3/c1-12(2,3)18-11(16)15-7-6-13(14,9-15)10-5-4-8-17-10/h10H,4-9,14H2,1-3H3. The molecule has 104 valence electrons. The molecule has 0 bridgehead atoms. The van der Waals surface area contributed by atoms with Crippen LogP contribution in [0.25, 0.3) is 0 Å². The quantitative estimate of drug-likeness (QED) is 0.772. The molecule has 5 nitrogen and oxygen atoms in total. The number of hydrogen-bond acceptors (Lipinski definition) is 4. The average molecular weight is 256 g/mol. The lowest BCUT2D eigenvalue weighted by atomic mass is 9.91. The Bertz CT molecular complexity index is 321. The minimum atomic E-state index is -0.458. The first-order valence-electron chi connectivity index (χ1n) is 6.69. The van der Waals surface area contributed by atoms with Crippen LogP contribution in [0.15, 0.2) is 0 Å². The molecular weight excluding hydrogens is 232 g/mol. The first-order chi connectivity index (χ1) is 8.30. The Morgan fingerprint density at radius 3 is 2.78 bits per heavy atom. The van der Waals surface area contributed by atoms with Crippen LogP contribution >= 0.6 is 0 Å². The first-order valence-corrected chi connectivity index (χ1v) is 6.69. The third-order valence-electron chi connectivity index (χ3n) is 3.56. The maximum absolute atomic E-state index is 12.0. The van der Waals surface area contributed by atoms with E-state index in [0.717, 1.165) is 25.9 Å². The summed E-state index contributed by atoms with van der Waals surface area (Å²) < 4.78 is 11.0. The molecular formula is C13H24N2O3. The molecule has 2 rings (SSSR count). The van der Waals surface area contributed by atoms with Gasteiger partial charge in [0.2, 0.25) is 0 Å². The van der Waals surface area contributed by atoms with E-state index in [9.17, 15) is 4.79 Å². The summed E-state index contributed by atoms with van der Waals surface area (Å²) in [6, 6.07) is 0. The Morgan fingerprint density at radius 2 is 2.22 bits per heavy atom. The summed E-state index contributed by atoms with van der Waals surface area (Å²) >= 11 is 0. The fraction of sp³-hybridized carbons (Fsp3) is 0.923. The number of nitrogens with zero attached hydrogens (tertiary/aromatic N) is 1. The van der Waals surface area contributed by atoms with Crippen LogP contribution in [0.3, 0.4) is 0 Å². The molecule has 0 spiro atoms. The molecule has 2 atom stereocenters. The van der Waals surface area contributed by atoms with Crippen molar-refractivity contribution in [1.82, 2.24) is 4.90 Å². The SMILES string of the molecule is CC(C)(C)OC(=O)N1CCC(N)(C2CCCO2)C1. The highest BCUT2D eigenvalue weighted by Gasteiger charge is 2.45. The molecule has 2 saturated heterocycles. The van der Waals surface area contributed by atoms with E-state index in [0.29, 0.717) is 13.1 Å². The van der Waals surface area contributed by atoms with Gasteiger partial charge in [0.05, 0.1) is 11.6 Å². The molecule has 2 heterocycles. The van der Waals surface area contributed by atoms with Crippen molar-refractivity contribution >= 4 is 6.09 Å². The molecule has 0 aromatic heterocycles. The Hall–Kier alpha value is -0.810. The largest absolute Gasteiger partial charge is 0.444 e. The van der Waals surface area contributed by atoms with Crippen LogP contribution in [-0.2, 0) is 9.47 Å². The monoisotopic (exact) mass is 256 g/mol. The minimum absolute atomic E-state index is 0.0879. The first kappa shape index (κ1) is 13.6. The van der Waals surface area contributed by atoms with Crippen LogP contribution in [0.1, 0.15) is 40.0 Å². The molecule has 1 amide bonds. The second kappa shape index (κ2) is 4.70. The summed E-state index contributed by atoms with van der Waals surface area (Å²) in [6.45, 7) is 7.60. The van der Waals surface area contributed by atoms with Crippen LogP contribution in [0, 0.1) is 0 Å². The molecule has 2 N–H and O–H groups in total. The van der Waals surface area contributed by atoms with E-state index in [1.54, 1.807) is 4.90 Å². The van der Waals surface area contributed by atoms with E-state index >= 15 is 0 Å². The van der Waals surface area contributed by atoms with Gasteiger partial charge in [-0.15, -0.1) is 0 Å². The predicted octanol–water partition coefficient (Wildman–Crippen LogP) is 1.50. The van der Waals surface area contributed by atoms with Gasteiger partial charge in [-0.25, -0.2) is 4.79 Å². The number of amides is 1. The zero-order chi connectivity index (χ0) is 13.4. The smallest absolute Gasteiger partial charge is 0.410 e. The number of carbonyl (C=O) groups is 1. The van der Waals surface area contributed by atoms with Crippen LogP contribution in [0.5, 0.6) is 0 Å². The summed E-state index contributed by atoms with van der Waals surface area (Å²) in [6.07, 6.45) is 2.67. The highest BCUT2D eigenvalue weighted by Crippen LogP contribution is 2.30. The summed E-state index contributed by atoms with van der Waals surface area (Å²) in [4.78, 5) is 13.7. The molecule has 0 saturated carbocycles. The second-order valence-corrected chi connectivity index (χ2v) is 6.39. The molecule has 0 aliphatic carbocycles. The number of rotatable bonds is 1. The van der Waals surface area contributed by atoms with Crippen LogP contribution in [-0.4, -0.2) is 47.9 Å². The Kier molecular flexibility index (Phi) is 3.56. The lowest BCUT2D eigenvalue weighted by molar-refractivity contribution is 0.0219. The van der Waals surface area contributed by atoms with Gasteiger partial charge < -0.3 is 20.1 Å². The van der Waals surface area contributed by atoms with E-state index in [1.165, 1.54) is 0 Å². The van der Waals surface area contributed by atoms with Crippen molar-refractivity contribution in [2.75, 3.05) is 19.7 Å². The topological polar surface area (TPSA) is 64.8 Å². The fourth-order valence-electron chi connectivity index (χ4n) is 2.63. The van der Waals surface area contributed by atoms with Crippen molar-refractivity contribution in [2.24, 2.45) is 5.73 Å². The molecule has 2 fully saturated rings. The van der Waals surface area contributed by atoms with Gasteiger partial charge in [-0.1, -0.05) is 0 Å². The molecule has 2 unspecified atom stereocenters. The summed E-state index contributed by atoms with van der Waals surface area (Å²) in [7, 11) is 0. The van der Waals surface area contributed by atoms with Gasteiger partial charge >= 0.3 is 6.09 Å². The van der Waals surface area contributed by atoms with Gasteiger partial charge in [-0.05, 0) is 40.0 Å². The van der Waals surface area contributed by atoms with E-state index < -0.39 is 11.1 Å². The van der Waals surface area contributed by atoms with Crippen molar-refractivity contribution < 1.29 is 14.3 Å². The third-order valence-corrected chi connectivity index (χ3v) is 3.56. The van der Waals surface area contributed by atoms with Gasteiger partial charge in [0.25, 0.3) is 0 Å². The maximum atomic E-state index is 12.0. The van der Waals surface area contributed by atoms with Gasteiger partial charge in [-0.3, -0.25) is 0 Å². The number of nitrogens with two attached hydrogens (primary N) is 1. The van der Waals surface area contributed by atoms with E-state index in [2.05, 4.69) is 0 Å². The van der Waals surface area contributed by atoms with Crippen molar-refractivity contribution in [2.45, 2.75) is 57.3 Å². The molecule has 2 aliphatic rings. The average Bonchev–Trinajstić information content (AvgIpc) is 2.83. The van der Waals surface area contributed by atoms with E-state index in [-0.39, 0.29) is 12.2 Å². The van der Waals surface area contributed by atoms with E-state index in [4.69, 9.17) is 15.2 Å². The second-order valence-electron chi connectivity index (χ2n) is 6.39. The maximum Gasteiger partial charge on any atom is 0.410 e. The predicted molar refractivity (Wildman–Crippen MR) is 68.3 cm³/mol. The number of carbonyl (C=O) groups excluding carboxylic acids is 1. The van der Waals surface area contributed by atoms with Gasteiger partial charge in [0.15, 0.2) is 0 Å². The highest BCUT2D eigenvalue weighted by molar-refractivity contribution is 5.68. The molecule has 2 aliphatic heterocycles. The van der Waals surface area contributed by atoms with Crippen LogP contribution in [0.2, 0.25) is 0 Å². The summed E-state index contributed by atoms with van der Waals surface area (Å²) in [5, 5.41) is 0. The number of hydrogen-bond donors (Lipinski definition) is 1. The molecule has 0 aromatic carbocycles. The van der Waals surface area contributed by atoms with Crippen molar-refractivity contribution in [1.29, 1.82) is 0 Å². The molecule has 5 heteroatoms.